The number of aliphatic hydroxyl groups excluding tert-OH is 2. The highest BCUT2D eigenvalue weighted by molar-refractivity contribution is 5.76. The molecule has 2 atom stereocenters. The Morgan fingerprint density at radius 1 is 0.489 bits per heavy atom. The molecule has 3 N–H and O–H groups in total. The molecule has 1 amide bonds. The van der Waals surface area contributed by atoms with Gasteiger partial charge < -0.3 is 15.5 Å². The number of hydrogen-bond acceptors (Lipinski definition) is 3. The van der Waals surface area contributed by atoms with Crippen molar-refractivity contribution in [3.05, 3.63) is 48.6 Å². The van der Waals surface area contributed by atoms with E-state index in [0.29, 0.717) is 6.42 Å². The van der Waals surface area contributed by atoms with Gasteiger partial charge in [-0.15, -0.1) is 0 Å². The molecule has 274 valence electrons. The molecule has 0 aliphatic carbocycles. The number of carbonyl (C=O) groups excluding carboxylic acids is 1. The van der Waals surface area contributed by atoms with Crippen molar-refractivity contribution in [2.45, 2.75) is 212 Å². The molecule has 47 heavy (non-hydrogen) atoms. The van der Waals surface area contributed by atoms with Gasteiger partial charge in [0.2, 0.25) is 5.91 Å². The van der Waals surface area contributed by atoms with Crippen LogP contribution in [0.1, 0.15) is 200 Å². The Morgan fingerprint density at radius 2 is 0.872 bits per heavy atom. The first-order chi connectivity index (χ1) is 23.2. The summed E-state index contributed by atoms with van der Waals surface area (Å²) in [4.78, 5) is 12.3. The lowest BCUT2D eigenvalue weighted by atomic mass is 10.0. The van der Waals surface area contributed by atoms with E-state index in [0.717, 1.165) is 51.4 Å². The lowest BCUT2D eigenvalue weighted by Gasteiger charge is -2.19. The van der Waals surface area contributed by atoms with Crippen molar-refractivity contribution in [1.82, 2.24) is 5.32 Å². The van der Waals surface area contributed by atoms with Gasteiger partial charge in [-0.2, -0.15) is 0 Å². The van der Waals surface area contributed by atoms with Crippen molar-refractivity contribution in [3.8, 4) is 0 Å². The van der Waals surface area contributed by atoms with Crippen molar-refractivity contribution < 1.29 is 15.0 Å². The van der Waals surface area contributed by atoms with Crippen LogP contribution in [0.25, 0.3) is 0 Å². The maximum atomic E-state index is 12.3. The first-order valence-corrected chi connectivity index (χ1v) is 20.4. The molecule has 0 saturated carbocycles. The monoisotopic (exact) mass is 658 g/mol. The van der Waals surface area contributed by atoms with Gasteiger partial charge in [0, 0.05) is 6.42 Å². The molecule has 0 radical (unpaired) electrons. The number of carbonyl (C=O) groups is 1. The van der Waals surface area contributed by atoms with Crippen LogP contribution in [0.4, 0.5) is 0 Å². The van der Waals surface area contributed by atoms with Gasteiger partial charge in [-0.25, -0.2) is 0 Å². The maximum absolute atomic E-state index is 12.3. The van der Waals surface area contributed by atoms with E-state index in [-0.39, 0.29) is 12.5 Å². The third kappa shape index (κ3) is 35.5. The van der Waals surface area contributed by atoms with Crippen LogP contribution in [0.2, 0.25) is 0 Å². The Bertz CT molecular complexity index is 756. The Morgan fingerprint density at radius 3 is 1.32 bits per heavy atom. The van der Waals surface area contributed by atoms with Crippen molar-refractivity contribution in [2.75, 3.05) is 6.61 Å². The van der Waals surface area contributed by atoms with Crippen LogP contribution in [0.15, 0.2) is 48.6 Å². The van der Waals surface area contributed by atoms with Crippen molar-refractivity contribution in [3.63, 3.8) is 0 Å². The highest BCUT2D eigenvalue weighted by atomic mass is 16.3. The molecule has 0 fully saturated rings. The topological polar surface area (TPSA) is 69.6 Å². The van der Waals surface area contributed by atoms with E-state index in [1.807, 2.05) is 6.08 Å². The molecule has 4 heteroatoms. The van der Waals surface area contributed by atoms with E-state index in [1.54, 1.807) is 6.08 Å². The number of unbranched alkanes of at least 4 members (excludes halogenated alkanes) is 23. The lowest BCUT2D eigenvalue weighted by Crippen LogP contribution is -2.45. The van der Waals surface area contributed by atoms with Crippen LogP contribution < -0.4 is 5.32 Å². The maximum Gasteiger partial charge on any atom is 0.220 e. The van der Waals surface area contributed by atoms with Crippen molar-refractivity contribution in [1.29, 1.82) is 0 Å². The second-order valence-electron chi connectivity index (χ2n) is 13.7. The first-order valence-electron chi connectivity index (χ1n) is 20.4. The van der Waals surface area contributed by atoms with E-state index in [1.165, 1.54) is 128 Å². The predicted octanol–water partition coefficient (Wildman–Crippen LogP) is 12.4. The molecular weight excluding hydrogens is 578 g/mol. The van der Waals surface area contributed by atoms with Gasteiger partial charge in [-0.1, -0.05) is 178 Å². The minimum Gasteiger partial charge on any atom is -0.394 e. The quantitative estimate of drug-likeness (QED) is 0.0464. The second kappa shape index (κ2) is 38.8. The van der Waals surface area contributed by atoms with E-state index in [9.17, 15) is 15.0 Å². The Kier molecular flexibility index (Phi) is 37.4. The molecule has 0 aromatic rings. The number of nitrogens with one attached hydrogen (secondary N) is 1. The van der Waals surface area contributed by atoms with Gasteiger partial charge in [0.05, 0.1) is 18.8 Å². The summed E-state index contributed by atoms with van der Waals surface area (Å²) >= 11 is 0. The zero-order chi connectivity index (χ0) is 34.3. The summed E-state index contributed by atoms with van der Waals surface area (Å²) in [6.07, 6.45) is 52.3. The zero-order valence-electron chi connectivity index (χ0n) is 31.3. The van der Waals surface area contributed by atoms with Crippen LogP contribution in [0.5, 0.6) is 0 Å². The molecule has 0 saturated heterocycles. The molecule has 0 heterocycles. The number of hydrogen-bond donors (Lipinski definition) is 3. The van der Waals surface area contributed by atoms with Crippen LogP contribution in [-0.4, -0.2) is 34.9 Å². The van der Waals surface area contributed by atoms with Gasteiger partial charge in [0.15, 0.2) is 0 Å². The summed E-state index contributed by atoms with van der Waals surface area (Å²) in [5.74, 6) is -0.0919. The Hall–Kier alpha value is -1.65. The van der Waals surface area contributed by atoms with Crippen LogP contribution in [-0.2, 0) is 4.79 Å². The molecule has 0 aromatic carbocycles. The first kappa shape index (κ1) is 45.3. The summed E-state index contributed by atoms with van der Waals surface area (Å²) in [5, 5.41) is 22.8. The fourth-order valence-electron chi connectivity index (χ4n) is 5.86. The third-order valence-corrected chi connectivity index (χ3v) is 8.99. The van der Waals surface area contributed by atoms with E-state index in [4.69, 9.17) is 0 Å². The SMILES string of the molecule is CCC/C=C\CCCCCCCC(=O)NC(CO)C(O)/C=C/CC/C=C/CC/C=C/CCCCCCCCCCCCCCCCC. The molecular formula is C43H79NO3. The molecule has 0 bridgehead atoms. The van der Waals surface area contributed by atoms with Crippen LogP contribution in [0, 0.1) is 0 Å². The standard InChI is InChI=1S/C43H79NO3/c1-3-5-7-9-11-13-15-16-17-18-19-20-21-22-23-24-25-26-27-28-29-30-32-34-36-38-42(46)41(40-45)44-43(47)39-37-35-33-31-14-12-10-8-6-4-2/h8,10,25-26,29-30,36,38,41-42,45-46H,3-7,9,11-24,27-28,31-35,37,39-40H2,1-2H3,(H,44,47)/b10-8-,26-25+,30-29+,38-36+. The number of aliphatic hydroxyl groups is 2. The normalized spacial score (nSPS) is 13.5. The second-order valence-corrected chi connectivity index (χ2v) is 13.7. The van der Waals surface area contributed by atoms with Gasteiger partial charge in [0.1, 0.15) is 0 Å². The largest absolute Gasteiger partial charge is 0.394 e. The number of rotatable bonds is 36. The van der Waals surface area contributed by atoms with Crippen molar-refractivity contribution >= 4 is 5.91 Å². The van der Waals surface area contributed by atoms with Crippen molar-refractivity contribution in [2.24, 2.45) is 0 Å². The Balaban J connectivity index is 3.62. The molecule has 0 spiro atoms. The highest BCUT2D eigenvalue weighted by Gasteiger charge is 2.17. The fraction of sp³-hybridized carbons (Fsp3) is 0.791. The minimum atomic E-state index is -0.872. The third-order valence-electron chi connectivity index (χ3n) is 8.99. The summed E-state index contributed by atoms with van der Waals surface area (Å²) in [6, 6.07) is -0.648. The van der Waals surface area contributed by atoms with Gasteiger partial charge in [-0.05, 0) is 64.2 Å². The fourth-order valence-corrected chi connectivity index (χ4v) is 5.86. The summed E-state index contributed by atoms with van der Waals surface area (Å²) in [7, 11) is 0. The van der Waals surface area contributed by atoms with E-state index < -0.39 is 12.1 Å². The predicted molar refractivity (Wildman–Crippen MR) is 207 cm³/mol. The van der Waals surface area contributed by atoms with E-state index in [2.05, 4.69) is 55.6 Å². The molecule has 2 unspecified atom stereocenters. The van der Waals surface area contributed by atoms with Gasteiger partial charge in [-0.3, -0.25) is 4.79 Å². The van der Waals surface area contributed by atoms with Gasteiger partial charge in [0.25, 0.3) is 0 Å². The number of allylic oxidation sites excluding steroid dienone is 7. The highest BCUT2D eigenvalue weighted by Crippen LogP contribution is 2.14. The minimum absolute atomic E-state index is 0.0919. The number of amides is 1. The Labute approximate surface area is 293 Å². The molecule has 0 rings (SSSR count). The summed E-state index contributed by atoms with van der Waals surface area (Å²) < 4.78 is 0. The zero-order valence-corrected chi connectivity index (χ0v) is 31.3. The average Bonchev–Trinajstić information content (AvgIpc) is 3.07. The van der Waals surface area contributed by atoms with Crippen LogP contribution >= 0.6 is 0 Å². The van der Waals surface area contributed by atoms with Crippen LogP contribution in [0.3, 0.4) is 0 Å². The molecule has 4 nitrogen and oxygen atoms in total. The van der Waals surface area contributed by atoms with Gasteiger partial charge >= 0.3 is 0 Å². The summed E-state index contributed by atoms with van der Waals surface area (Å²) in [5.41, 5.74) is 0. The average molecular weight is 658 g/mol. The molecule has 0 aliphatic rings. The van der Waals surface area contributed by atoms with E-state index >= 15 is 0 Å². The molecule has 0 aromatic heterocycles. The summed E-state index contributed by atoms with van der Waals surface area (Å²) in [6.45, 7) is 4.22. The molecule has 0 aliphatic heterocycles. The lowest BCUT2D eigenvalue weighted by molar-refractivity contribution is -0.123. The smallest absolute Gasteiger partial charge is 0.220 e.